The minimum Gasteiger partial charge on any atom is -0.474 e. The van der Waals surface area contributed by atoms with E-state index in [1.165, 1.54) is 35.7 Å². The molecule has 1 aliphatic carbocycles. The highest BCUT2D eigenvalue weighted by molar-refractivity contribution is 5.93. The van der Waals surface area contributed by atoms with Crippen molar-refractivity contribution in [2.75, 3.05) is 0 Å². The molecule has 1 amide bonds. The van der Waals surface area contributed by atoms with Crippen molar-refractivity contribution < 1.29 is 9.53 Å². The third-order valence-electron chi connectivity index (χ3n) is 4.22. The van der Waals surface area contributed by atoms with Crippen molar-refractivity contribution in [1.29, 1.82) is 0 Å². The van der Waals surface area contributed by atoms with Gasteiger partial charge in [-0.2, -0.15) is 0 Å². The van der Waals surface area contributed by atoms with Crippen LogP contribution in [0.4, 0.5) is 0 Å². The van der Waals surface area contributed by atoms with E-state index in [2.05, 4.69) is 10.3 Å². The molecule has 6 nitrogen and oxygen atoms in total. The van der Waals surface area contributed by atoms with Gasteiger partial charge in [0.25, 0.3) is 5.91 Å². The highest BCUT2D eigenvalue weighted by Gasteiger charge is 2.18. The van der Waals surface area contributed by atoms with Gasteiger partial charge < -0.3 is 14.6 Å². The molecular formula is C18H21N3O3. The fraction of sp³-hybridized carbons (Fsp3) is 0.389. The van der Waals surface area contributed by atoms with Crippen LogP contribution in [0.5, 0.6) is 5.88 Å². The van der Waals surface area contributed by atoms with Crippen LogP contribution in [0.15, 0.2) is 41.5 Å². The van der Waals surface area contributed by atoms with Crippen molar-refractivity contribution in [2.24, 2.45) is 7.05 Å². The van der Waals surface area contributed by atoms with Crippen molar-refractivity contribution in [3.05, 3.63) is 58.1 Å². The number of aromatic nitrogens is 2. The highest BCUT2D eigenvalue weighted by Crippen LogP contribution is 2.24. The second kappa shape index (κ2) is 7.29. The van der Waals surface area contributed by atoms with Gasteiger partial charge in [0.15, 0.2) is 0 Å². The first-order valence-electron chi connectivity index (χ1n) is 8.19. The summed E-state index contributed by atoms with van der Waals surface area (Å²) >= 11 is 0. The number of rotatable bonds is 5. The minimum atomic E-state index is -0.235. The van der Waals surface area contributed by atoms with Crippen molar-refractivity contribution in [3.63, 3.8) is 0 Å². The maximum atomic E-state index is 12.2. The minimum absolute atomic E-state index is 0.147. The zero-order valence-electron chi connectivity index (χ0n) is 13.7. The van der Waals surface area contributed by atoms with Gasteiger partial charge in [-0.05, 0) is 37.8 Å². The van der Waals surface area contributed by atoms with Crippen molar-refractivity contribution in [1.82, 2.24) is 14.9 Å². The molecule has 0 aliphatic heterocycles. The molecule has 0 unspecified atom stereocenters. The van der Waals surface area contributed by atoms with E-state index in [1.54, 1.807) is 13.2 Å². The first-order valence-corrected chi connectivity index (χ1v) is 8.19. The number of amides is 1. The first kappa shape index (κ1) is 16.2. The van der Waals surface area contributed by atoms with E-state index in [0.717, 1.165) is 18.4 Å². The maximum Gasteiger partial charge on any atom is 0.253 e. The Morgan fingerprint density at radius 3 is 2.88 bits per heavy atom. The Labute approximate surface area is 140 Å². The van der Waals surface area contributed by atoms with E-state index < -0.39 is 0 Å². The molecule has 1 aliphatic rings. The van der Waals surface area contributed by atoms with Crippen LogP contribution in [0, 0.1) is 0 Å². The van der Waals surface area contributed by atoms with Gasteiger partial charge in [-0.1, -0.05) is 6.07 Å². The molecule has 6 heteroatoms. The standard InChI is InChI=1S/C18H21N3O3/c1-21-12-14(8-9-16(21)22)17(23)20-11-13-5-4-10-19-18(13)24-15-6-2-3-7-15/h4-5,8-10,12,15H,2-3,6-7,11H2,1H3,(H,20,23). The summed E-state index contributed by atoms with van der Waals surface area (Å²) in [6.45, 7) is 0.331. The lowest BCUT2D eigenvalue weighted by Gasteiger charge is -2.15. The number of carbonyl (C=O) groups excluding carboxylic acids is 1. The van der Waals surface area contributed by atoms with Crippen LogP contribution in [0.25, 0.3) is 0 Å². The third kappa shape index (κ3) is 3.82. The third-order valence-corrected chi connectivity index (χ3v) is 4.22. The first-order chi connectivity index (χ1) is 11.6. The van der Waals surface area contributed by atoms with Gasteiger partial charge in [-0.3, -0.25) is 9.59 Å². The van der Waals surface area contributed by atoms with Crippen LogP contribution in [-0.4, -0.2) is 21.6 Å². The average molecular weight is 327 g/mol. The molecule has 2 heterocycles. The van der Waals surface area contributed by atoms with Gasteiger partial charge in [0.05, 0.1) is 5.56 Å². The molecule has 1 N–H and O–H groups in total. The number of hydrogen-bond acceptors (Lipinski definition) is 4. The van der Waals surface area contributed by atoms with Gasteiger partial charge in [-0.15, -0.1) is 0 Å². The largest absolute Gasteiger partial charge is 0.474 e. The number of ether oxygens (including phenoxy) is 1. The van der Waals surface area contributed by atoms with Crippen LogP contribution in [0.1, 0.15) is 41.6 Å². The number of nitrogens with zero attached hydrogens (tertiary/aromatic N) is 2. The van der Waals surface area contributed by atoms with Gasteiger partial charge in [0.1, 0.15) is 6.10 Å². The summed E-state index contributed by atoms with van der Waals surface area (Å²) in [5.74, 6) is 0.353. The van der Waals surface area contributed by atoms with Gasteiger partial charge in [-0.25, -0.2) is 4.98 Å². The predicted molar refractivity (Wildman–Crippen MR) is 90.0 cm³/mol. The van der Waals surface area contributed by atoms with E-state index in [4.69, 9.17) is 4.74 Å². The maximum absolute atomic E-state index is 12.2. The topological polar surface area (TPSA) is 73.2 Å². The fourth-order valence-electron chi connectivity index (χ4n) is 2.83. The normalized spacial score (nSPS) is 14.5. The monoisotopic (exact) mass is 327 g/mol. The SMILES string of the molecule is Cn1cc(C(=O)NCc2cccnc2OC2CCCC2)ccc1=O. The summed E-state index contributed by atoms with van der Waals surface area (Å²) in [6.07, 6.45) is 7.94. The van der Waals surface area contributed by atoms with Crippen LogP contribution in [0.2, 0.25) is 0 Å². The predicted octanol–water partition coefficient (Wildman–Crippen LogP) is 2.03. The summed E-state index contributed by atoms with van der Waals surface area (Å²) in [4.78, 5) is 27.9. The van der Waals surface area contributed by atoms with Gasteiger partial charge in [0.2, 0.25) is 11.4 Å². The molecule has 3 rings (SSSR count). The zero-order chi connectivity index (χ0) is 16.9. The quantitative estimate of drug-likeness (QED) is 0.912. The molecule has 1 saturated carbocycles. The Balaban J connectivity index is 1.66. The molecule has 1 fully saturated rings. The molecule has 0 bridgehead atoms. The molecule has 0 atom stereocenters. The van der Waals surface area contributed by atoms with Crippen LogP contribution in [0.3, 0.4) is 0 Å². The second-order valence-corrected chi connectivity index (χ2v) is 6.04. The Morgan fingerprint density at radius 1 is 1.33 bits per heavy atom. The van der Waals surface area contributed by atoms with Gasteiger partial charge in [0, 0.05) is 37.6 Å². The molecule has 2 aromatic rings. The Kier molecular flexibility index (Phi) is 4.93. The molecule has 0 saturated heterocycles. The summed E-state index contributed by atoms with van der Waals surface area (Å²) in [7, 11) is 1.62. The summed E-state index contributed by atoms with van der Waals surface area (Å²) in [5, 5.41) is 2.85. The lowest BCUT2D eigenvalue weighted by molar-refractivity contribution is 0.0949. The number of hydrogen-bond donors (Lipinski definition) is 1. The second-order valence-electron chi connectivity index (χ2n) is 6.04. The smallest absolute Gasteiger partial charge is 0.253 e. The van der Waals surface area contributed by atoms with E-state index in [0.29, 0.717) is 18.0 Å². The molecule has 2 aromatic heterocycles. The van der Waals surface area contributed by atoms with Crippen molar-refractivity contribution in [3.8, 4) is 5.88 Å². The molecule has 0 radical (unpaired) electrons. The van der Waals surface area contributed by atoms with Gasteiger partial charge >= 0.3 is 0 Å². The van der Waals surface area contributed by atoms with E-state index >= 15 is 0 Å². The van der Waals surface area contributed by atoms with E-state index in [9.17, 15) is 9.59 Å². The summed E-state index contributed by atoms with van der Waals surface area (Å²) in [5.41, 5.74) is 1.15. The molecule has 0 spiro atoms. The summed E-state index contributed by atoms with van der Waals surface area (Å²) in [6, 6.07) is 6.64. The van der Waals surface area contributed by atoms with Crippen molar-refractivity contribution in [2.45, 2.75) is 38.3 Å². The van der Waals surface area contributed by atoms with Crippen LogP contribution >= 0.6 is 0 Å². The average Bonchev–Trinajstić information content (AvgIpc) is 3.09. The van der Waals surface area contributed by atoms with Crippen LogP contribution < -0.4 is 15.6 Å². The number of nitrogens with one attached hydrogen (secondary N) is 1. The molecular weight excluding hydrogens is 306 g/mol. The molecule has 0 aromatic carbocycles. The van der Waals surface area contributed by atoms with E-state index in [1.807, 2.05) is 12.1 Å². The number of pyridine rings is 2. The summed E-state index contributed by atoms with van der Waals surface area (Å²) < 4.78 is 7.35. The highest BCUT2D eigenvalue weighted by atomic mass is 16.5. The zero-order valence-corrected chi connectivity index (χ0v) is 13.7. The molecule has 24 heavy (non-hydrogen) atoms. The Bertz CT molecular complexity index is 779. The van der Waals surface area contributed by atoms with E-state index in [-0.39, 0.29) is 17.6 Å². The number of aryl methyl sites for hydroxylation is 1. The Hall–Kier alpha value is -2.63. The lowest BCUT2D eigenvalue weighted by atomic mass is 10.2. The van der Waals surface area contributed by atoms with Crippen molar-refractivity contribution >= 4 is 5.91 Å². The Morgan fingerprint density at radius 2 is 2.12 bits per heavy atom. The fourth-order valence-corrected chi connectivity index (χ4v) is 2.83. The van der Waals surface area contributed by atoms with Crippen LogP contribution in [-0.2, 0) is 13.6 Å². The molecule has 126 valence electrons. The number of carbonyl (C=O) groups is 1. The lowest BCUT2D eigenvalue weighted by Crippen LogP contribution is -2.26.